The zero-order chi connectivity index (χ0) is 9.68. The van der Waals surface area contributed by atoms with Gasteiger partial charge in [0.05, 0.1) is 0 Å². The molecule has 0 fully saturated rings. The Balaban J connectivity index is 2.84. The molecule has 1 aromatic rings. The van der Waals surface area contributed by atoms with Gasteiger partial charge in [-0.15, -0.1) is 11.8 Å². The Labute approximate surface area is 83.5 Å². The van der Waals surface area contributed by atoms with Crippen molar-refractivity contribution in [1.29, 1.82) is 0 Å². The quantitative estimate of drug-likeness (QED) is 0.541. The fourth-order valence-corrected chi connectivity index (χ4v) is 1.86. The summed E-state index contributed by atoms with van der Waals surface area (Å²) in [7, 11) is 0. The summed E-state index contributed by atoms with van der Waals surface area (Å²) in [6, 6.07) is 8.18. The molecule has 0 aliphatic rings. The second kappa shape index (κ2) is 5.07. The van der Waals surface area contributed by atoms with E-state index in [1.165, 1.54) is 4.90 Å². The van der Waals surface area contributed by atoms with Crippen molar-refractivity contribution >= 4 is 18.0 Å². The number of benzene rings is 1. The van der Waals surface area contributed by atoms with Crippen LogP contribution in [-0.4, -0.2) is 12.0 Å². The van der Waals surface area contributed by atoms with Crippen molar-refractivity contribution < 1.29 is 4.79 Å². The summed E-state index contributed by atoms with van der Waals surface area (Å²) >= 11 is 1.80. The number of hydrogen-bond acceptors (Lipinski definition) is 2. The van der Waals surface area contributed by atoms with Crippen LogP contribution in [0.15, 0.2) is 29.2 Å². The van der Waals surface area contributed by atoms with Crippen LogP contribution in [-0.2, 0) is 4.79 Å². The summed E-state index contributed by atoms with van der Waals surface area (Å²) < 4.78 is 0. The van der Waals surface area contributed by atoms with Gasteiger partial charge in [0.15, 0.2) is 0 Å². The molecule has 0 saturated carbocycles. The largest absolute Gasteiger partial charge is 0.303 e. The van der Waals surface area contributed by atoms with E-state index in [4.69, 9.17) is 0 Å². The van der Waals surface area contributed by atoms with Crippen LogP contribution in [0.25, 0.3) is 0 Å². The normalized spacial score (nSPS) is 12.5. The lowest BCUT2D eigenvalue weighted by Gasteiger charge is -2.05. The zero-order valence-electron chi connectivity index (χ0n) is 7.99. The van der Waals surface area contributed by atoms with E-state index in [2.05, 4.69) is 19.1 Å². The van der Waals surface area contributed by atoms with E-state index in [9.17, 15) is 4.79 Å². The van der Waals surface area contributed by atoms with Gasteiger partial charge in [-0.2, -0.15) is 0 Å². The molecule has 0 aliphatic carbocycles. The molecule has 1 atom stereocenters. The number of hydrogen-bond donors (Lipinski definition) is 0. The van der Waals surface area contributed by atoms with Crippen LogP contribution < -0.4 is 0 Å². The molecule has 0 amide bonds. The third-order valence-electron chi connectivity index (χ3n) is 1.90. The van der Waals surface area contributed by atoms with E-state index in [1.54, 1.807) is 11.8 Å². The summed E-state index contributed by atoms with van der Waals surface area (Å²) in [6.45, 7) is 4.04. The average Bonchev–Trinajstić information content (AvgIpc) is 2.18. The third kappa shape index (κ3) is 2.88. The van der Waals surface area contributed by atoms with Crippen molar-refractivity contribution in [2.45, 2.75) is 24.7 Å². The van der Waals surface area contributed by atoms with Crippen molar-refractivity contribution in [1.82, 2.24) is 0 Å². The molecule has 1 rings (SSSR count). The van der Waals surface area contributed by atoms with Crippen LogP contribution in [0.1, 0.15) is 25.3 Å². The van der Waals surface area contributed by atoms with Crippen molar-refractivity contribution in [2.75, 3.05) is 5.75 Å². The Hall–Kier alpha value is -0.760. The Morgan fingerprint density at radius 3 is 2.92 bits per heavy atom. The molecular formula is C11H14OS. The predicted molar refractivity (Wildman–Crippen MR) is 57.3 cm³/mol. The summed E-state index contributed by atoms with van der Waals surface area (Å²) in [6.07, 6.45) is 0.982. The molecule has 1 aromatic carbocycles. The predicted octanol–water partition coefficient (Wildman–Crippen LogP) is 3.10. The SMILES string of the molecule is CCSc1cccc(C(C)C=O)c1. The summed E-state index contributed by atoms with van der Waals surface area (Å²) in [5.74, 6) is 1.08. The van der Waals surface area contributed by atoms with E-state index < -0.39 is 0 Å². The monoisotopic (exact) mass is 194 g/mol. The zero-order valence-corrected chi connectivity index (χ0v) is 8.80. The first-order valence-electron chi connectivity index (χ1n) is 4.46. The first-order valence-corrected chi connectivity index (χ1v) is 5.44. The average molecular weight is 194 g/mol. The molecule has 0 aliphatic heterocycles. The lowest BCUT2D eigenvalue weighted by molar-refractivity contribution is -0.108. The maximum absolute atomic E-state index is 10.6. The molecule has 0 saturated heterocycles. The molecule has 0 spiro atoms. The van der Waals surface area contributed by atoms with Crippen molar-refractivity contribution in [3.05, 3.63) is 29.8 Å². The standard InChI is InChI=1S/C11H14OS/c1-3-13-11-6-4-5-10(7-11)9(2)8-12/h4-9H,3H2,1-2H3. The highest BCUT2D eigenvalue weighted by Gasteiger charge is 2.03. The van der Waals surface area contributed by atoms with Gasteiger partial charge in [0.1, 0.15) is 6.29 Å². The fourth-order valence-electron chi connectivity index (χ4n) is 1.13. The summed E-state index contributed by atoms with van der Waals surface area (Å²) in [5, 5.41) is 0. The van der Waals surface area contributed by atoms with Crippen molar-refractivity contribution in [3.63, 3.8) is 0 Å². The van der Waals surface area contributed by atoms with Gasteiger partial charge in [-0.1, -0.05) is 26.0 Å². The molecule has 13 heavy (non-hydrogen) atoms. The Bertz CT molecular complexity index is 283. The van der Waals surface area contributed by atoms with E-state index in [1.807, 2.05) is 19.1 Å². The molecule has 70 valence electrons. The second-order valence-corrected chi connectivity index (χ2v) is 4.27. The Morgan fingerprint density at radius 1 is 1.54 bits per heavy atom. The maximum atomic E-state index is 10.6. The Kier molecular flexibility index (Phi) is 4.03. The molecule has 0 aromatic heterocycles. The highest BCUT2D eigenvalue weighted by molar-refractivity contribution is 7.99. The number of aldehydes is 1. The van der Waals surface area contributed by atoms with E-state index in [0.717, 1.165) is 17.6 Å². The minimum atomic E-state index is 0.0115. The highest BCUT2D eigenvalue weighted by Crippen LogP contribution is 2.21. The maximum Gasteiger partial charge on any atom is 0.127 e. The molecule has 2 heteroatoms. The molecule has 0 bridgehead atoms. The lowest BCUT2D eigenvalue weighted by atomic mass is 10.0. The number of thioether (sulfide) groups is 1. The second-order valence-electron chi connectivity index (χ2n) is 2.93. The van der Waals surface area contributed by atoms with Crippen LogP contribution in [0, 0.1) is 0 Å². The third-order valence-corrected chi connectivity index (χ3v) is 2.77. The van der Waals surface area contributed by atoms with Crippen molar-refractivity contribution in [2.24, 2.45) is 0 Å². The van der Waals surface area contributed by atoms with Crippen LogP contribution in [0.4, 0.5) is 0 Å². The summed E-state index contributed by atoms with van der Waals surface area (Å²) in [4.78, 5) is 11.8. The number of rotatable bonds is 4. The molecule has 0 N–H and O–H groups in total. The van der Waals surface area contributed by atoms with Gasteiger partial charge in [0, 0.05) is 10.8 Å². The first-order chi connectivity index (χ1) is 6.27. The molecule has 0 heterocycles. The van der Waals surface area contributed by atoms with Crippen LogP contribution in [0.3, 0.4) is 0 Å². The Morgan fingerprint density at radius 2 is 2.31 bits per heavy atom. The first kappa shape index (κ1) is 10.3. The van der Waals surface area contributed by atoms with Crippen LogP contribution in [0.5, 0.6) is 0 Å². The van der Waals surface area contributed by atoms with Crippen LogP contribution in [0.2, 0.25) is 0 Å². The van der Waals surface area contributed by atoms with Gasteiger partial charge in [-0.3, -0.25) is 0 Å². The fraction of sp³-hybridized carbons (Fsp3) is 0.364. The van der Waals surface area contributed by atoms with E-state index >= 15 is 0 Å². The molecular weight excluding hydrogens is 180 g/mol. The minimum absolute atomic E-state index is 0.0115. The van der Waals surface area contributed by atoms with Gasteiger partial charge in [0.25, 0.3) is 0 Å². The van der Waals surface area contributed by atoms with Gasteiger partial charge < -0.3 is 4.79 Å². The molecule has 0 radical (unpaired) electrons. The van der Waals surface area contributed by atoms with Gasteiger partial charge >= 0.3 is 0 Å². The smallest absolute Gasteiger partial charge is 0.127 e. The summed E-state index contributed by atoms with van der Waals surface area (Å²) in [5.41, 5.74) is 1.11. The van der Waals surface area contributed by atoms with Crippen LogP contribution >= 0.6 is 11.8 Å². The van der Waals surface area contributed by atoms with E-state index in [-0.39, 0.29) is 5.92 Å². The molecule has 1 nitrogen and oxygen atoms in total. The van der Waals surface area contributed by atoms with Crippen molar-refractivity contribution in [3.8, 4) is 0 Å². The highest BCUT2D eigenvalue weighted by atomic mass is 32.2. The molecule has 1 unspecified atom stereocenters. The van der Waals surface area contributed by atoms with Gasteiger partial charge in [0.2, 0.25) is 0 Å². The van der Waals surface area contributed by atoms with Gasteiger partial charge in [-0.25, -0.2) is 0 Å². The number of carbonyl (C=O) groups excluding carboxylic acids is 1. The lowest BCUT2D eigenvalue weighted by Crippen LogP contribution is -1.93. The topological polar surface area (TPSA) is 17.1 Å². The van der Waals surface area contributed by atoms with E-state index in [0.29, 0.717) is 0 Å². The minimum Gasteiger partial charge on any atom is -0.303 e. The number of carbonyl (C=O) groups is 1. The van der Waals surface area contributed by atoms with Gasteiger partial charge in [-0.05, 0) is 23.4 Å².